The van der Waals surface area contributed by atoms with Crippen LogP contribution in [0.1, 0.15) is 37.7 Å². The van der Waals surface area contributed by atoms with Crippen LogP contribution in [0.15, 0.2) is 48.5 Å². The van der Waals surface area contributed by atoms with Gasteiger partial charge >= 0.3 is 0 Å². The van der Waals surface area contributed by atoms with E-state index in [2.05, 4.69) is 10.8 Å². The Bertz CT molecular complexity index is 1080. The maximum Gasteiger partial charge on any atom is 0.245 e. The summed E-state index contributed by atoms with van der Waals surface area (Å²) in [6.07, 6.45) is 2.11. The van der Waals surface area contributed by atoms with Gasteiger partial charge in [0.1, 0.15) is 22.0 Å². The normalized spacial score (nSPS) is 24.2. The molecular formula is C25H32N2O7S. The van der Waals surface area contributed by atoms with E-state index in [1.807, 2.05) is 0 Å². The van der Waals surface area contributed by atoms with Gasteiger partial charge in [-0.1, -0.05) is 12.1 Å². The highest BCUT2D eigenvalue weighted by molar-refractivity contribution is 7.92. The van der Waals surface area contributed by atoms with E-state index in [4.69, 9.17) is 19.0 Å². The summed E-state index contributed by atoms with van der Waals surface area (Å²) in [7, 11) is -2.06. The van der Waals surface area contributed by atoms with Gasteiger partial charge in [-0.05, 0) is 67.8 Å². The number of carbonyl (C=O) groups is 1. The summed E-state index contributed by atoms with van der Waals surface area (Å²) >= 11 is 0. The highest BCUT2D eigenvalue weighted by atomic mass is 32.2. The topological polar surface area (TPSA) is 112 Å². The Hall–Kier alpha value is -2.66. The Morgan fingerprint density at radius 2 is 1.74 bits per heavy atom. The first-order valence-corrected chi connectivity index (χ1v) is 13.5. The Kier molecular flexibility index (Phi) is 8.27. The molecule has 0 aliphatic carbocycles. The smallest absolute Gasteiger partial charge is 0.245 e. The lowest BCUT2D eigenvalue weighted by Crippen LogP contribution is -2.43. The van der Waals surface area contributed by atoms with Crippen LogP contribution < -0.4 is 20.3 Å². The molecule has 9 nitrogen and oxygen atoms in total. The zero-order valence-electron chi connectivity index (χ0n) is 19.8. The van der Waals surface area contributed by atoms with E-state index < -0.39 is 26.8 Å². The van der Waals surface area contributed by atoms with Crippen LogP contribution in [0.4, 0.5) is 0 Å². The van der Waals surface area contributed by atoms with Gasteiger partial charge in [-0.3, -0.25) is 4.79 Å². The van der Waals surface area contributed by atoms with Crippen molar-refractivity contribution >= 4 is 15.7 Å². The molecule has 2 unspecified atom stereocenters. The van der Waals surface area contributed by atoms with Gasteiger partial charge in [0, 0.05) is 19.6 Å². The van der Waals surface area contributed by atoms with Crippen LogP contribution in [-0.2, 0) is 29.0 Å². The van der Waals surface area contributed by atoms with Gasteiger partial charge in [0.05, 0.1) is 19.3 Å². The Morgan fingerprint density at radius 3 is 2.40 bits per heavy atom. The fourth-order valence-electron chi connectivity index (χ4n) is 4.43. The summed E-state index contributed by atoms with van der Waals surface area (Å²) in [6.45, 7) is 1.40. The average molecular weight is 505 g/mol. The standard InChI is InChI=1S/C25H32N2O7S/c1-31-20-9-11-22(12-10-20)33-21-7-5-19(6-8-21)25(13-14-26-15-17-35(25,29)30)18-23(28)27-34-24-4-2-3-16-32-24/h5-12,24,26H,2-4,13-18H2,1H3,(H,27,28). The first kappa shape index (κ1) is 25.4. The quantitative estimate of drug-likeness (QED) is 0.528. The first-order chi connectivity index (χ1) is 16.9. The highest BCUT2D eigenvalue weighted by Gasteiger charge is 2.47. The van der Waals surface area contributed by atoms with E-state index in [1.165, 1.54) is 0 Å². The maximum absolute atomic E-state index is 13.5. The molecule has 2 saturated heterocycles. The van der Waals surface area contributed by atoms with Crippen molar-refractivity contribution in [1.82, 2.24) is 10.8 Å². The molecule has 0 spiro atoms. The molecule has 2 atom stereocenters. The van der Waals surface area contributed by atoms with Crippen molar-refractivity contribution in [3.05, 3.63) is 54.1 Å². The number of methoxy groups -OCH3 is 1. The molecule has 190 valence electrons. The van der Waals surface area contributed by atoms with Crippen molar-refractivity contribution < 1.29 is 32.3 Å². The van der Waals surface area contributed by atoms with Crippen LogP contribution in [0.3, 0.4) is 0 Å². The van der Waals surface area contributed by atoms with Crippen molar-refractivity contribution in [1.29, 1.82) is 0 Å². The molecule has 2 aromatic carbocycles. The molecule has 2 fully saturated rings. The van der Waals surface area contributed by atoms with E-state index >= 15 is 0 Å². The summed E-state index contributed by atoms with van der Waals surface area (Å²) in [6, 6.07) is 14.1. The molecule has 2 N–H and O–H groups in total. The number of nitrogens with one attached hydrogen (secondary N) is 2. The van der Waals surface area contributed by atoms with E-state index in [1.54, 1.807) is 55.6 Å². The zero-order valence-corrected chi connectivity index (χ0v) is 20.6. The third-order valence-corrected chi connectivity index (χ3v) is 8.93. The van der Waals surface area contributed by atoms with Gasteiger partial charge in [0.2, 0.25) is 5.91 Å². The van der Waals surface area contributed by atoms with Crippen LogP contribution in [0.25, 0.3) is 0 Å². The molecule has 2 heterocycles. The lowest BCUT2D eigenvalue weighted by Gasteiger charge is -2.32. The number of sulfone groups is 1. The van der Waals surface area contributed by atoms with Gasteiger partial charge < -0.3 is 19.5 Å². The van der Waals surface area contributed by atoms with Crippen LogP contribution in [0, 0.1) is 0 Å². The van der Waals surface area contributed by atoms with Crippen LogP contribution in [0.5, 0.6) is 17.2 Å². The monoisotopic (exact) mass is 504 g/mol. The highest BCUT2D eigenvalue weighted by Crippen LogP contribution is 2.40. The number of benzene rings is 2. The van der Waals surface area contributed by atoms with Crippen LogP contribution in [0.2, 0.25) is 0 Å². The number of hydrogen-bond acceptors (Lipinski definition) is 8. The molecule has 10 heteroatoms. The number of hydrogen-bond donors (Lipinski definition) is 2. The van der Waals surface area contributed by atoms with Crippen molar-refractivity contribution in [3.63, 3.8) is 0 Å². The summed E-state index contributed by atoms with van der Waals surface area (Å²) < 4.78 is 42.1. The fourth-order valence-corrected chi connectivity index (χ4v) is 6.50. The minimum absolute atomic E-state index is 0.0586. The summed E-state index contributed by atoms with van der Waals surface area (Å²) in [5, 5.41) is 3.14. The molecule has 0 bridgehead atoms. The molecule has 1 amide bonds. The van der Waals surface area contributed by atoms with Gasteiger partial charge in [0.25, 0.3) is 0 Å². The number of carbonyl (C=O) groups excluding carboxylic acids is 1. The Balaban J connectivity index is 1.53. The molecule has 0 saturated carbocycles. The van der Waals surface area contributed by atoms with Crippen molar-refractivity contribution in [2.45, 2.75) is 43.1 Å². The summed E-state index contributed by atoms with van der Waals surface area (Å²) in [5.74, 6) is 1.35. The van der Waals surface area contributed by atoms with E-state index in [0.29, 0.717) is 43.2 Å². The number of hydroxylamine groups is 1. The molecule has 2 aliphatic heterocycles. The van der Waals surface area contributed by atoms with Gasteiger partial charge in [-0.2, -0.15) is 0 Å². The SMILES string of the molecule is COc1ccc(Oc2ccc(C3(CC(=O)NOC4CCCCO4)CCNCCS3(=O)=O)cc2)cc1. The predicted octanol–water partition coefficient (Wildman–Crippen LogP) is 3.06. The fraction of sp³-hybridized carbons (Fsp3) is 0.480. The molecule has 0 aromatic heterocycles. The summed E-state index contributed by atoms with van der Waals surface area (Å²) in [5.41, 5.74) is 2.97. The average Bonchev–Trinajstić information content (AvgIpc) is 3.02. The first-order valence-electron chi connectivity index (χ1n) is 11.8. The third-order valence-electron chi connectivity index (χ3n) is 6.41. The lowest BCUT2D eigenvalue weighted by molar-refractivity contribution is -0.200. The van der Waals surface area contributed by atoms with E-state index in [-0.39, 0.29) is 18.6 Å². The van der Waals surface area contributed by atoms with Gasteiger partial charge in [0.15, 0.2) is 16.1 Å². The minimum Gasteiger partial charge on any atom is -0.497 e. The van der Waals surface area contributed by atoms with Crippen molar-refractivity contribution in [3.8, 4) is 17.2 Å². The molecule has 2 aromatic rings. The number of amides is 1. The zero-order chi connectivity index (χ0) is 24.7. The third kappa shape index (κ3) is 6.13. The second-order valence-corrected chi connectivity index (χ2v) is 11.2. The molecular weight excluding hydrogens is 472 g/mol. The van der Waals surface area contributed by atoms with Crippen molar-refractivity contribution in [2.24, 2.45) is 0 Å². The maximum atomic E-state index is 13.5. The van der Waals surface area contributed by atoms with E-state index in [9.17, 15) is 13.2 Å². The largest absolute Gasteiger partial charge is 0.497 e. The van der Waals surface area contributed by atoms with Crippen LogP contribution >= 0.6 is 0 Å². The minimum atomic E-state index is -3.66. The lowest BCUT2D eigenvalue weighted by atomic mass is 9.90. The van der Waals surface area contributed by atoms with Crippen LogP contribution in [-0.4, -0.2) is 53.2 Å². The Labute approximate surface area is 206 Å². The van der Waals surface area contributed by atoms with Gasteiger partial charge in [-0.15, -0.1) is 0 Å². The molecule has 4 rings (SSSR count). The molecule has 2 aliphatic rings. The predicted molar refractivity (Wildman–Crippen MR) is 130 cm³/mol. The second-order valence-electron chi connectivity index (χ2n) is 8.73. The summed E-state index contributed by atoms with van der Waals surface area (Å²) in [4.78, 5) is 18.3. The second kappa shape index (κ2) is 11.4. The Morgan fingerprint density at radius 1 is 1.06 bits per heavy atom. The number of ether oxygens (including phenoxy) is 3. The molecule has 35 heavy (non-hydrogen) atoms. The van der Waals surface area contributed by atoms with Crippen molar-refractivity contribution in [2.75, 3.05) is 32.6 Å². The number of rotatable bonds is 8. The molecule has 0 radical (unpaired) electrons. The van der Waals surface area contributed by atoms with Gasteiger partial charge in [-0.25, -0.2) is 18.7 Å². The van der Waals surface area contributed by atoms with E-state index in [0.717, 1.165) is 18.6 Å².